The molecule has 21 heavy (non-hydrogen) atoms. The van der Waals surface area contributed by atoms with Gasteiger partial charge in [-0.15, -0.1) is 0 Å². The smallest absolute Gasteiger partial charge is 0.305 e. The number of rotatable bonds is 10. The van der Waals surface area contributed by atoms with Crippen molar-refractivity contribution in [3.05, 3.63) is 0 Å². The zero-order chi connectivity index (χ0) is 16.7. The Morgan fingerprint density at radius 1 is 0.905 bits per heavy atom. The Balaban J connectivity index is 0. The van der Waals surface area contributed by atoms with E-state index in [0.29, 0.717) is 25.1 Å². The quantitative estimate of drug-likeness (QED) is 0.418. The molecule has 3 heteroatoms. The fourth-order valence-electron chi connectivity index (χ4n) is 2.43. The lowest BCUT2D eigenvalue weighted by Gasteiger charge is -2.28. The van der Waals surface area contributed by atoms with Gasteiger partial charge in [0.25, 0.3) is 0 Å². The summed E-state index contributed by atoms with van der Waals surface area (Å²) in [5, 5.41) is 0. The highest BCUT2D eigenvalue weighted by Gasteiger charge is 2.09. The molecule has 128 valence electrons. The van der Waals surface area contributed by atoms with Gasteiger partial charge in [0.05, 0.1) is 6.61 Å². The first kappa shape index (κ1) is 22.7. The number of carbonyl (C=O) groups is 1. The molecule has 0 aliphatic heterocycles. The third kappa shape index (κ3) is 15.6. The first-order chi connectivity index (χ1) is 9.90. The number of ether oxygens (including phenoxy) is 1. The molecule has 0 spiro atoms. The third-order valence-electron chi connectivity index (χ3n) is 3.48. The Hall–Kier alpha value is -0.570. The SMILES string of the molecule is CCCCCCCC(=O)OCC.CCN(C(C)C)C(C)C. The highest BCUT2D eigenvalue weighted by atomic mass is 16.5. The van der Waals surface area contributed by atoms with Crippen molar-refractivity contribution >= 4 is 5.97 Å². The minimum absolute atomic E-state index is 0.0472. The van der Waals surface area contributed by atoms with Crippen LogP contribution >= 0.6 is 0 Å². The van der Waals surface area contributed by atoms with Crippen LogP contribution in [0, 0.1) is 0 Å². The predicted molar refractivity (Wildman–Crippen MR) is 92.7 cm³/mol. The normalized spacial score (nSPS) is 10.8. The molecule has 0 amide bonds. The van der Waals surface area contributed by atoms with Crippen LogP contribution in [0.5, 0.6) is 0 Å². The van der Waals surface area contributed by atoms with Gasteiger partial charge in [-0.1, -0.05) is 39.5 Å². The number of carbonyl (C=O) groups excluding carboxylic acids is 1. The summed E-state index contributed by atoms with van der Waals surface area (Å²) in [6.45, 7) is 16.9. The molecular formula is C18H39NO2. The van der Waals surface area contributed by atoms with Crippen LogP contribution in [0.25, 0.3) is 0 Å². The Labute approximate surface area is 133 Å². The number of hydrogen-bond acceptors (Lipinski definition) is 3. The second-order valence-corrected chi connectivity index (χ2v) is 5.99. The van der Waals surface area contributed by atoms with Crippen LogP contribution in [0.1, 0.15) is 87.0 Å². The summed E-state index contributed by atoms with van der Waals surface area (Å²) in [5.41, 5.74) is 0. The largest absolute Gasteiger partial charge is 0.466 e. The predicted octanol–water partition coefficient (Wildman–Crippen LogP) is 5.04. The molecule has 0 unspecified atom stereocenters. The summed E-state index contributed by atoms with van der Waals surface area (Å²) in [6, 6.07) is 1.38. The number of hydrogen-bond donors (Lipinski definition) is 0. The summed E-state index contributed by atoms with van der Waals surface area (Å²) in [4.78, 5) is 13.3. The maximum atomic E-state index is 10.9. The van der Waals surface area contributed by atoms with E-state index in [-0.39, 0.29) is 5.97 Å². The molecule has 0 aliphatic carbocycles. The fourth-order valence-corrected chi connectivity index (χ4v) is 2.43. The second-order valence-electron chi connectivity index (χ2n) is 5.99. The summed E-state index contributed by atoms with van der Waals surface area (Å²) in [6.07, 6.45) is 6.52. The van der Waals surface area contributed by atoms with E-state index in [1.807, 2.05) is 6.92 Å². The molecule has 0 heterocycles. The summed E-state index contributed by atoms with van der Waals surface area (Å²) in [7, 11) is 0. The van der Waals surface area contributed by atoms with Crippen LogP contribution in [0.4, 0.5) is 0 Å². The molecule has 0 atom stereocenters. The summed E-state index contributed by atoms with van der Waals surface area (Å²) in [5.74, 6) is -0.0472. The molecule has 0 N–H and O–H groups in total. The van der Waals surface area contributed by atoms with Crippen LogP contribution in [0.3, 0.4) is 0 Å². The van der Waals surface area contributed by atoms with Crippen molar-refractivity contribution < 1.29 is 9.53 Å². The van der Waals surface area contributed by atoms with Crippen molar-refractivity contribution in [2.75, 3.05) is 13.2 Å². The molecule has 0 aromatic rings. The molecule has 0 saturated carbocycles. The van der Waals surface area contributed by atoms with Crippen LogP contribution in [0.15, 0.2) is 0 Å². The number of nitrogens with zero attached hydrogens (tertiary/aromatic N) is 1. The molecule has 0 aromatic heterocycles. The van der Waals surface area contributed by atoms with Gasteiger partial charge < -0.3 is 4.74 Å². The lowest BCUT2D eigenvalue weighted by Crippen LogP contribution is -2.36. The minimum Gasteiger partial charge on any atom is -0.466 e. The molecule has 0 aliphatic rings. The maximum absolute atomic E-state index is 10.9. The van der Waals surface area contributed by atoms with Gasteiger partial charge in [-0.2, -0.15) is 0 Å². The fraction of sp³-hybridized carbons (Fsp3) is 0.944. The highest BCUT2D eigenvalue weighted by Crippen LogP contribution is 2.05. The van der Waals surface area contributed by atoms with E-state index in [1.165, 1.54) is 19.3 Å². The first-order valence-corrected chi connectivity index (χ1v) is 8.81. The minimum atomic E-state index is -0.0472. The van der Waals surface area contributed by atoms with Crippen molar-refractivity contribution in [2.45, 2.75) is 99.1 Å². The van der Waals surface area contributed by atoms with Crippen molar-refractivity contribution in [3.8, 4) is 0 Å². The highest BCUT2D eigenvalue weighted by molar-refractivity contribution is 5.69. The first-order valence-electron chi connectivity index (χ1n) is 8.81. The Morgan fingerprint density at radius 3 is 1.76 bits per heavy atom. The van der Waals surface area contributed by atoms with Gasteiger partial charge in [0.15, 0.2) is 0 Å². The standard InChI is InChI=1S/C10H20O2.C8H19N/c1-3-5-6-7-8-9-10(11)12-4-2;1-6-9(7(2)3)8(4)5/h3-9H2,1-2H3;7-8H,6H2,1-5H3. The summed E-state index contributed by atoms with van der Waals surface area (Å²) < 4.78 is 4.81. The number of unbranched alkanes of at least 4 members (excludes halogenated alkanes) is 4. The average molecular weight is 302 g/mol. The van der Waals surface area contributed by atoms with Crippen LogP contribution in [0.2, 0.25) is 0 Å². The van der Waals surface area contributed by atoms with Crippen molar-refractivity contribution in [1.82, 2.24) is 4.90 Å². The summed E-state index contributed by atoms with van der Waals surface area (Å²) >= 11 is 0. The van der Waals surface area contributed by atoms with Gasteiger partial charge in [0, 0.05) is 18.5 Å². The Morgan fingerprint density at radius 2 is 1.43 bits per heavy atom. The molecule has 0 saturated heterocycles. The van der Waals surface area contributed by atoms with E-state index in [9.17, 15) is 4.79 Å². The Kier molecular flexibility index (Phi) is 17.1. The zero-order valence-electron chi connectivity index (χ0n) is 15.6. The van der Waals surface area contributed by atoms with Crippen molar-refractivity contribution in [3.63, 3.8) is 0 Å². The van der Waals surface area contributed by atoms with E-state index >= 15 is 0 Å². The molecule has 3 nitrogen and oxygen atoms in total. The molecule has 0 aromatic carbocycles. The molecule has 0 radical (unpaired) electrons. The third-order valence-corrected chi connectivity index (χ3v) is 3.48. The van der Waals surface area contributed by atoms with Gasteiger partial charge in [-0.3, -0.25) is 9.69 Å². The average Bonchev–Trinajstić information content (AvgIpc) is 2.39. The van der Waals surface area contributed by atoms with Gasteiger partial charge in [-0.25, -0.2) is 0 Å². The second kappa shape index (κ2) is 15.8. The molecular weight excluding hydrogens is 262 g/mol. The van der Waals surface area contributed by atoms with E-state index in [2.05, 4.69) is 46.4 Å². The Bertz CT molecular complexity index is 219. The lowest BCUT2D eigenvalue weighted by molar-refractivity contribution is -0.143. The van der Waals surface area contributed by atoms with E-state index in [4.69, 9.17) is 4.74 Å². The van der Waals surface area contributed by atoms with Crippen LogP contribution < -0.4 is 0 Å². The molecule has 0 bridgehead atoms. The van der Waals surface area contributed by atoms with E-state index in [0.717, 1.165) is 19.4 Å². The van der Waals surface area contributed by atoms with Crippen molar-refractivity contribution in [2.24, 2.45) is 0 Å². The topological polar surface area (TPSA) is 29.5 Å². The van der Waals surface area contributed by atoms with Gasteiger partial charge in [-0.05, 0) is 47.6 Å². The molecule has 0 fully saturated rings. The van der Waals surface area contributed by atoms with Crippen LogP contribution in [-0.4, -0.2) is 36.1 Å². The lowest BCUT2D eigenvalue weighted by atomic mass is 10.1. The number of esters is 1. The van der Waals surface area contributed by atoms with Gasteiger partial charge >= 0.3 is 5.97 Å². The van der Waals surface area contributed by atoms with Gasteiger partial charge in [0.1, 0.15) is 0 Å². The zero-order valence-corrected chi connectivity index (χ0v) is 15.6. The monoisotopic (exact) mass is 301 g/mol. The maximum Gasteiger partial charge on any atom is 0.305 e. The van der Waals surface area contributed by atoms with E-state index in [1.54, 1.807) is 0 Å². The van der Waals surface area contributed by atoms with E-state index < -0.39 is 0 Å². The van der Waals surface area contributed by atoms with Crippen molar-refractivity contribution in [1.29, 1.82) is 0 Å². The molecule has 0 rings (SSSR count). The van der Waals surface area contributed by atoms with Gasteiger partial charge in [0.2, 0.25) is 0 Å². The van der Waals surface area contributed by atoms with Crippen LogP contribution in [-0.2, 0) is 9.53 Å².